The molecule has 1 unspecified atom stereocenters. The third-order valence-corrected chi connectivity index (χ3v) is 3.41. The van der Waals surface area contributed by atoms with Crippen LogP contribution in [-0.2, 0) is 11.0 Å². The van der Waals surface area contributed by atoms with Gasteiger partial charge in [0.25, 0.3) is 0 Å². The number of carbonyl (C=O) groups is 1. The first-order chi connectivity index (χ1) is 9.10. The molecule has 0 amide bonds. The molecule has 0 saturated carbocycles. The summed E-state index contributed by atoms with van der Waals surface area (Å²) in [6.07, 6.45) is -3.80. The Hall–Kier alpha value is -1.24. The number of hydrogen-bond acceptors (Lipinski definition) is 2. The van der Waals surface area contributed by atoms with Gasteiger partial charge in [-0.1, -0.05) is 29.3 Å². The van der Waals surface area contributed by atoms with Crippen LogP contribution in [0.15, 0.2) is 22.7 Å². The van der Waals surface area contributed by atoms with Crippen LogP contribution < -0.4 is 5.32 Å². The van der Waals surface area contributed by atoms with Gasteiger partial charge in [0.1, 0.15) is 5.54 Å². The second-order valence-electron chi connectivity index (χ2n) is 4.70. The summed E-state index contributed by atoms with van der Waals surface area (Å²) in [5.41, 5.74) is -2.57. The van der Waals surface area contributed by atoms with E-state index >= 15 is 0 Å². The number of anilines is 1. The van der Waals surface area contributed by atoms with Crippen LogP contribution in [0.2, 0.25) is 0 Å². The number of halogens is 4. The molecule has 0 aliphatic rings. The van der Waals surface area contributed by atoms with Crippen LogP contribution in [0.1, 0.15) is 32.3 Å². The molecule has 3 nitrogen and oxygen atoms in total. The van der Waals surface area contributed by atoms with Crippen molar-refractivity contribution in [1.29, 1.82) is 0 Å². The lowest BCUT2D eigenvalue weighted by molar-refractivity contribution is -0.142. The number of carboxylic acid groups (broad SMARTS) is 1. The fourth-order valence-electron chi connectivity index (χ4n) is 1.88. The van der Waals surface area contributed by atoms with Gasteiger partial charge in [-0.25, -0.2) is 4.79 Å². The minimum absolute atomic E-state index is 0.218. The Kier molecular flexibility index (Phi) is 5.07. The first-order valence-electron chi connectivity index (χ1n) is 5.98. The second kappa shape index (κ2) is 6.03. The first-order valence-corrected chi connectivity index (χ1v) is 6.78. The van der Waals surface area contributed by atoms with Gasteiger partial charge in [0.15, 0.2) is 0 Å². The highest BCUT2D eigenvalue weighted by Gasteiger charge is 2.38. The van der Waals surface area contributed by atoms with E-state index < -0.39 is 23.2 Å². The molecule has 1 aromatic rings. The third kappa shape index (κ3) is 3.88. The van der Waals surface area contributed by atoms with E-state index in [2.05, 4.69) is 21.2 Å². The molecule has 0 aliphatic heterocycles. The van der Waals surface area contributed by atoms with Gasteiger partial charge in [-0.2, -0.15) is 13.2 Å². The van der Waals surface area contributed by atoms with Crippen LogP contribution in [0.4, 0.5) is 18.9 Å². The molecule has 1 aromatic carbocycles. The lowest BCUT2D eigenvalue weighted by atomic mass is 9.95. The van der Waals surface area contributed by atoms with Crippen LogP contribution in [0.3, 0.4) is 0 Å². The fraction of sp³-hybridized carbons (Fsp3) is 0.462. The summed E-state index contributed by atoms with van der Waals surface area (Å²) in [7, 11) is 0. The molecule has 2 N–H and O–H groups in total. The summed E-state index contributed by atoms with van der Waals surface area (Å²) in [6.45, 7) is 3.15. The molecule has 0 heterocycles. The van der Waals surface area contributed by atoms with Crippen molar-refractivity contribution in [3.63, 3.8) is 0 Å². The molecule has 0 fully saturated rings. The Bertz CT molecular complexity index is 505. The van der Waals surface area contributed by atoms with Gasteiger partial charge in [0.05, 0.1) is 5.56 Å². The number of carboxylic acids is 1. The van der Waals surface area contributed by atoms with E-state index in [1.807, 2.05) is 0 Å². The minimum Gasteiger partial charge on any atom is -0.480 e. The summed E-state index contributed by atoms with van der Waals surface area (Å²) >= 11 is 2.98. The Balaban J connectivity index is 3.23. The predicted molar refractivity (Wildman–Crippen MR) is 73.7 cm³/mol. The number of aliphatic carboxylic acids is 1. The van der Waals surface area contributed by atoms with Crippen LogP contribution in [0.25, 0.3) is 0 Å². The fourth-order valence-corrected chi connectivity index (χ4v) is 2.24. The summed E-state index contributed by atoms with van der Waals surface area (Å²) in [4.78, 5) is 11.3. The number of benzene rings is 1. The zero-order valence-corrected chi connectivity index (χ0v) is 12.6. The van der Waals surface area contributed by atoms with Gasteiger partial charge >= 0.3 is 12.1 Å². The SMILES string of the molecule is CCCC(C)(Nc1ccc(Br)cc1C(F)(F)F)C(=O)O. The average molecular weight is 354 g/mol. The van der Waals surface area contributed by atoms with Crippen molar-refractivity contribution in [3.8, 4) is 0 Å². The second-order valence-corrected chi connectivity index (χ2v) is 5.62. The minimum atomic E-state index is -4.56. The van der Waals surface area contributed by atoms with Crippen LogP contribution >= 0.6 is 15.9 Å². The van der Waals surface area contributed by atoms with Crippen molar-refractivity contribution >= 4 is 27.6 Å². The van der Waals surface area contributed by atoms with Crippen molar-refractivity contribution < 1.29 is 23.1 Å². The highest BCUT2D eigenvalue weighted by Crippen LogP contribution is 2.38. The van der Waals surface area contributed by atoms with Crippen LogP contribution in [0.5, 0.6) is 0 Å². The molecule has 0 saturated heterocycles. The molecule has 1 atom stereocenters. The average Bonchev–Trinajstić information content (AvgIpc) is 2.30. The van der Waals surface area contributed by atoms with Crippen molar-refractivity contribution in [2.75, 3.05) is 5.32 Å². The number of nitrogens with one attached hydrogen (secondary N) is 1. The maximum Gasteiger partial charge on any atom is 0.418 e. The summed E-state index contributed by atoms with van der Waals surface area (Å²) in [6, 6.07) is 3.59. The van der Waals surface area contributed by atoms with E-state index in [1.165, 1.54) is 19.1 Å². The maximum atomic E-state index is 13.0. The van der Waals surface area contributed by atoms with Crippen LogP contribution in [0, 0.1) is 0 Å². The Morgan fingerprint density at radius 1 is 1.40 bits per heavy atom. The molecule has 7 heteroatoms. The molecular weight excluding hydrogens is 339 g/mol. The van der Waals surface area contributed by atoms with Crippen molar-refractivity contribution in [2.24, 2.45) is 0 Å². The quantitative estimate of drug-likeness (QED) is 0.817. The van der Waals surface area contributed by atoms with Crippen molar-refractivity contribution in [1.82, 2.24) is 0 Å². The van der Waals surface area contributed by atoms with E-state index in [9.17, 15) is 23.1 Å². The number of alkyl halides is 3. The van der Waals surface area contributed by atoms with Gasteiger partial charge in [-0.05, 0) is 31.5 Å². The maximum absolute atomic E-state index is 13.0. The highest BCUT2D eigenvalue weighted by molar-refractivity contribution is 9.10. The predicted octanol–water partition coefficient (Wildman–Crippen LogP) is 4.52. The number of hydrogen-bond donors (Lipinski definition) is 2. The molecule has 0 spiro atoms. The Morgan fingerprint density at radius 3 is 2.45 bits per heavy atom. The zero-order valence-electron chi connectivity index (χ0n) is 11.0. The highest BCUT2D eigenvalue weighted by atomic mass is 79.9. The molecule has 112 valence electrons. The van der Waals surface area contributed by atoms with E-state index in [1.54, 1.807) is 6.92 Å². The normalized spacial score (nSPS) is 14.7. The smallest absolute Gasteiger partial charge is 0.418 e. The summed E-state index contributed by atoms with van der Waals surface area (Å²) in [5, 5.41) is 11.7. The topological polar surface area (TPSA) is 49.3 Å². The van der Waals surface area contributed by atoms with Crippen molar-refractivity contribution in [3.05, 3.63) is 28.2 Å². The molecule has 0 aromatic heterocycles. The molecule has 0 aliphatic carbocycles. The van der Waals surface area contributed by atoms with Crippen molar-refractivity contribution in [2.45, 2.75) is 38.4 Å². The molecular formula is C13H15BrF3NO2. The standard InChI is InChI=1S/C13H15BrF3NO2/c1-3-6-12(2,11(19)20)18-10-5-4-8(14)7-9(10)13(15,16)17/h4-5,7,18H,3,6H2,1-2H3,(H,19,20). The molecule has 0 radical (unpaired) electrons. The van der Waals surface area contributed by atoms with Gasteiger partial charge in [-0.3, -0.25) is 0 Å². The zero-order chi connectivity index (χ0) is 15.6. The largest absolute Gasteiger partial charge is 0.480 e. The molecule has 1 rings (SSSR count). The van der Waals surface area contributed by atoms with Gasteiger partial charge in [-0.15, -0.1) is 0 Å². The third-order valence-electron chi connectivity index (χ3n) is 2.92. The monoisotopic (exact) mass is 353 g/mol. The summed E-state index contributed by atoms with van der Waals surface area (Å²) in [5.74, 6) is -1.18. The first kappa shape index (κ1) is 16.8. The molecule has 20 heavy (non-hydrogen) atoms. The Morgan fingerprint density at radius 2 is 2.00 bits per heavy atom. The van der Waals surface area contributed by atoms with E-state index in [0.717, 1.165) is 6.07 Å². The van der Waals surface area contributed by atoms with E-state index in [0.29, 0.717) is 6.42 Å². The van der Waals surface area contributed by atoms with E-state index in [4.69, 9.17) is 0 Å². The summed E-state index contributed by atoms with van der Waals surface area (Å²) < 4.78 is 39.2. The van der Waals surface area contributed by atoms with Gasteiger partial charge in [0, 0.05) is 10.2 Å². The number of rotatable bonds is 5. The van der Waals surface area contributed by atoms with Crippen LogP contribution in [-0.4, -0.2) is 16.6 Å². The Labute approximate surface area is 123 Å². The lowest BCUT2D eigenvalue weighted by Gasteiger charge is -2.28. The van der Waals surface area contributed by atoms with Gasteiger partial charge in [0.2, 0.25) is 0 Å². The lowest BCUT2D eigenvalue weighted by Crippen LogP contribution is -2.43. The van der Waals surface area contributed by atoms with E-state index in [-0.39, 0.29) is 16.6 Å². The van der Waals surface area contributed by atoms with Gasteiger partial charge < -0.3 is 10.4 Å². The molecule has 0 bridgehead atoms.